The summed E-state index contributed by atoms with van der Waals surface area (Å²) in [6, 6.07) is 0. The zero-order valence-corrected chi connectivity index (χ0v) is 15.0. The second-order valence-corrected chi connectivity index (χ2v) is 6.73. The normalized spacial score (nSPS) is 12.0. The molecule has 0 bridgehead atoms. The molecule has 0 aliphatic rings. The molecule has 0 atom stereocenters. The molecule has 0 aromatic heterocycles. The van der Waals surface area contributed by atoms with E-state index in [0.29, 0.717) is 0 Å². The maximum atomic E-state index is 10.9. The molecule has 0 radical (unpaired) electrons. The largest absolute Gasteiger partial charge is 0.478 e. The van der Waals surface area contributed by atoms with E-state index in [9.17, 15) is 19.2 Å². The van der Waals surface area contributed by atoms with Crippen molar-refractivity contribution in [2.24, 2.45) is 5.41 Å². The number of hydrogen-bond acceptors (Lipinski definition) is 7. The Hall–Kier alpha value is -2.68. The van der Waals surface area contributed by atoms with E-state index in [1.165, 1.54) is 0 Å². The fraction of sp³-hybridized carbons (Fsp3) is 0.500. The van der Waals surface area contributed by atoms with E-state index in [1.807, 2.05) is 0 Å². The maximum absolute atomic E-state index is 10.9. The molecule has 9 heteroatoms. The third-order valence-electron chi connectivity index (χ3n) is 2.15. The van der Waals surface area contributed by atoms with Gasteiger partial charge in [0, 0.05) is 18.2 Å². The lowest BCUT2D eigenvalue weighted by Gasteiger charge is -2.18. The predicted octanol–water partition coefficient (Wildman–Crippen LogP) is 2.03. The van der Waals surface area contributed by atoms with Crippen LogP contribution >= 0.6 is 0 Å². The number of carbonyl (C=O) groups is 4. The SMILES string of the molecule is CC(C)(C)/C(=C/C(=O)O)C(=O)OO.CC(C)(C)OC(=O)/C=C\C(=O)O. The van der Waals surface area contributed by atoms with Crippen LogP contribution in [0.5, 0.6) is 0 Å². The third kappa shape index (κ3) is 14.6. The summed E-state index contributed by atoms with van der Waals surface area (Å²) in [5, 5.41) is 24.7. The van der Waals surface area contributed by atoms with Crippen LogP contribution in [0, 0.1) is 5.41 Å². The van der Waals surface area contributed by atoms with Gasteiger partial charge >= 0.3 is 23.9 Å². The van der Waals surface area contributed by atoms with Gasteiger partial charge < -0.3 is 14.9 Å². The van der Waals surface area contributed by atoms with Gasteiger partial charge in [-0.15, -0.1) is 0 Å². The Morgan fingerprint density at radius 3 is 1.60 bits per heavy atom. The minimum atomic E-state index is -1.25. The second kappa shape index (κ2) is 10.2. The molecule has 0 rings (SSSR count). The first-order chi connectivity index (χ1) is 11.1. The lowest BCUT2D eigenvalue weighted by atomic mass is 9.86. The highest BCUT2D eigenvalue weighted by molar-refractivity contribution is 5.96. The molecule has 142 valence electrons. The monoisotopic (exact) mass is 360 g/mol. The molecule has 0 saturated carbocycles. The zero-order chi connectivity index (χ0) is 20.4. The summed E-state index contributed by atoms with van der Waals surface area (Å²) in [7, 11) is 0. The molecular formula is C16H24O9. The average Bonchev–Trinajstić information content (AvgIpc) is 2.39. The highest BCUT2D eigenvalue weighted by Crippen LogP contribution is 2.25. The van der Waals surface area contributed by atoms with E-state index in [2.05, 4.69) is 4.89 Å². The molecule has 0 saturated heterocycles. The highest BCUT2D eigenvalue weighted by Gasteiger charge is 2.26. The van der Waals surface area contributed by atoms with Crippen LogP contribution in [0.4, 0.5) is 0 Å². The summed E-state index contributed by atoms with van der Waals surface area (Å²) in [6.45, 7) is 10.0. The molecule has 0 aliphatic carbocycles. The van der Waals surface area contributed by atoms with Gasteiger partial charge in [0.1, 0.15) is 5.60 Å². The minimum Gasteiger partial charge on any atom is -0.478 e. The molecule has 0 spiro atoms. The number of rotatable bonds is 4. The van der Waals surface area contributed by atoms with E-state index in [1.54, 1.807) is 41.5 Å². The minimum absolute atomic E-state index is 0.0949. The molecular weight excluding hydrogens is 336 g/mol. The lowest BCUT2D eigenvalue weighted by Crippen LogP contribution is -2.22. The zero-order valence-electron chi connectivity index (χ0n) is 15.0. The number of esters is 1. The van der Waals surface area contributed by atoms with Gasteiger partial charge in [-0.1, -0.05) is 20.8 Å². The van der Waals surface area contributed by atoms with Crippen molar-refractivity contribution in [2.75, 3.05) is 0 Å². The van der Waals surface area contributed by atoms with Crippen LogP contribution in [-0.4, -0.2) is 44.9 Å². The van der Waals surface area contributed by atoms with Gasteiger partial charge in [-0.3, -0.25) is 4.89 Å². The smallest absolute Gasteiger partial charge is 0.369 e. The highest BCUT2D eigenvalue weighted by atomic mass is 17.1. The first-order valence-electron chi connectivity index (χ1n) is 7.05. The molecule has 0 fully saturated rings. The molecule has 0 unspecified atom stereocenters. The molecule has 0 heterocycles. The Bertz CT molecular complexity index is 557. The topological polar surface area (TPSA) is 147 Å². The molecule has 0 aromatic rings. The van der Waals surface area contributed by atoms with Crippen molar-refractivity contribution in [1.82, 2.24) is 0 Å². The van der Waals surface area contributed by atoms with Gasteiger partial charge in [-0.2, -0.15) is 5.26 Å². The van der Waals surface area contributed by atoms with Gasteiger partial charge in [-0.25, -0.2) is 19.2 Å². The molecule has 9 nitrogen and oxygen atoms in total. The number of carboxylic acid groups (broad SMARTS) is 2. The van der Waals surface area contributed by atoms with E-state index in [-0.39, 0.29) is 5.57 Å². The van der Waals surface area contributed by atoms with Crippen molar-refractivity contribution in [3.05, 3.63) is 23.8 Å². The van der Waals surface area contributed by atoms with Crippen LogP contribution in [0.1, 0.15) is 41.5 Å². The van der Waals surface area contributed by atoms with Crippen molar-refractivity contribution in [1.29, 1.82) is 0 Å². The standard InChI is InChI=1S/C8H12O5.C8H12O4/c1-8(2,3)5(4-6(9)10)7(11)13-12;1-8(2,3)12-7(11)5-4-6(9)10/h4,12H,1-3H3,(H,9,10);4-5H,1-3H3,(H,9,10)/b5-4+;5-4-. The molecule has 3 N–H and O–H groups in total. The number of ether oxygens (including phenoxy) is 1. The quantitative estimate of drug-likeness (QED) is 0.296. The van der Waals surface area contributed by atoms with Crippen molar-refractivity contribution in [2.45, 2.75) is 47.1 Å². The summed E-state index contributed by atoms with van der Waals surface area (Å²) in [6.07, 6.45) is 2.35. The first-order valence-corrected chi connectivity index (χ1v) is 7.05. The molecule has 0 aromatic carbocycles. The van der Waals surface area contributed by atoms with Crippen LogP contribution in [0.25, 0.3) is 0 Å². The maximum Gasteiger partial charge on any atom is 0.369 e. The van der Waals surface area contributed by atoms with Crippen LogP contribution < -0.4 is 0 Å². The summed E-state index contributed by atoms with van der Waals surface area (Å²) < 4.78 is 4.80. The van der Waals surface area contributed by atoms with Gasteiger partial charge in [-0.05, 0) is 26.2 Å². The van der Waals surface area contributed by atoms with E-state index in [0.717, 1.165) is 18.2 Å². The summed E-state index contributed by atoms with van der Waals surface area (Å²) in [5.41, 5.74) is -1.36. The number of aliphatic carboxylic acids is 2. The van der Waals surface area contributed by atoms with Gasteiger partial charge in [0.25, 0.3) is 0 Å². The molecule has 0 aliphatic heterocycles. The predicted molar refractivity (Wildman–Crippen MR) is 86.5 cm³/mol. The van der Waals surface area contributed by atoms with Crippen LogP contribution in [0.3, 0.4) is 0 Å². The van der Waals surface area contributed by atoms with Crippen molar-refractivity contribution < 1.29 is 44.3 Å². The van der Waals surface area contributed by atoms with E-state index < -0.39 is 34.9 Å². The Kier molecular flexibility index (Phi) is 10.1. The molecule has 25 heavy (non-hydrogen) atoms. The fourth-order valence-electron chi connectivity index (χ4n) is 1.23. The van der Waals surface area contributed by atoms with Gasteiger partial charge in [0.2, 0.25) is 0 Å². The molecule has 0 amide bonds. The average molecular weight is 360 g/mol. The summed E-state index contributed by atoms with van der Waals surface area (Å²) in [4.78, 5) is 45.4. The number of hydrogen-bond donors (Lipinski definition) is 3. The Labute approximate surface area is 145 Å². The summed E-state index contributed by atoms with van der Waals surface area (Å²) >= 11 is 0. The van der Waals surface area contributed by atoms with E-state index >= 15 is 0 Å². The first kappa shape index (κ1) is 24.6. The Morgan fingerprint density at radius 1 is 0.840 bits per heavy atom. The van der Waals surface area contributed by atoms with Crippen molar-refractivity contribution in [3.63, 3.8) is 0 Å². The number of carboxylic acids is 2. The summed E-state index contributed by atoms with van der Waals surface area (Å²) in [5.74, 6) is -4.11. The Balaban J connectivity index is 0. The van der Waals surface area contributed by atoms with Crippen molar-refractivity contribution >= 4 is 23.9 Å². The van der Waals surface area contributed by atoms with Gasteiger partial charge in [0.05, 0.1) is 5.57 Å². The fourth-order valence-corrected chi connectivity index (χ4v) is 1.23. The van der Waals surface area contributed by atoms with Crippen LogP contribution in [-0.2, 0) is 28.8 Å². The second-order valence-electron chi connectivity index (χ2n) is 6.73. The van der Waals surface area contributed by atoms with Crippen molar-refractivity contribution in [3.8, 4) is 0 Å². The lowest BCUT2D eigenvalue weighted by molar-refractivity contribution is -0.230. The van der Waals surface area contributed by atoms with Gasteiger partial charge in [0.15, 0.2) is 0 Å². The Morgan fingerprint density at radius 2 is 1.32 bits per heavy atom. The number of carbonyl (C=O) groups excluding carboxylic acids is 2. The van der Waals surface area contributed by atoms with E-state index in [4.69, 9.17) is 20.2 Å². The third-order valence-corrected chi connectivity index (χ3v) is 2.15. The van der Waals surface area contributed by atoms with Crippen LogP contribution in [0.2, 0.25) is 0 Å². The van der Waals surface area contributed by atoms with Crippen LogP contribution in [0.15, 0.2) is 23.8 Å².